The Morgan fingerprint density at radius 1 is 1.24 bits per heavy atom. The minimum absolute atomic E-state index is 0.346. The minimum Gasteiger partial charge on any atom is -0.383 e. The molecule has 0 aliphatic carbocycles. The summed E-state index contributed by atoms with van der Waals surface area (Å²) in [5, 5.41) is 4.53. The van der Waals surface area contributed by atoms with Gasteiger partial charge in [0.2, 0.25) is 0 Å². The van der Waals surface area contributed by atoms with E-state index in [0.29, 0.717) is 27.9 Å². The molecule has 2 rings (SSSR count). The third kappa shape index (κ3) is 4.49. The van der Waals surface area contributed by atoms with Gasteiger partial charge in [-0.05, 0) is 23.4 Å². The molecule has 0 fully saturated rings. The lowest BCUT2D eigenvalue weighted by Crippen LogP contribution is -2.22. The van der Waals surface area contributed by atoms with E-state index in [9.17, 15) is 0 Å². The van der Waals surface area contributed by atoms with Crippen molar-refractivity contribution < 1.29 is 0 Å². The summed E-state index contributed by atoms with van der Waals surface area (Å²) in [6, 6.07) is 7.72. The summed E-state index contributed by atoms with van der Waals surface area (Å²) in [5.41, 5.74) is 12.5. The zero-order valence-corrected chi connectivity index (χ0v) is 13.5. The second-order valence-electron chi connectivity index (χ2n) is 4.87. The third-order valence-electron chi connectivity index (χ3n) is 2.69. The van der Waals surface area contributed by atoms with Gasteiger partial charge in [0.05, 0.1) is 5.02 Å². The van der Waals surface area contributed by atoms with Gasteiger partial charge in [0.1, 0.15) is 11.6 Å². The van der Waals surface area contributed by atoms with Crippen LogP contribution in [0.4, 0.5) is 11.6 Å². The summed E-state index contributed by atoms with van der Waals surface area (Å²) in [7, 11) is 0. The maximum atomic E-state index is 6.31. The number of halogens is 1. The molecule has 0 bridgehead atoms. The molecule has 7 heteroatoms. The summed E-state index contributed by atoms with van der Waals surface area (Å²) in [5.74, 6) is 0.692. The molecule has 0 radical (unpaired) electrons. The lowest BCUT2D eigenvalue weighted by molar-refractivity contribution is 0.585. The van der Waals surface area contributed by atoms with E-state index in [2.05, 4.69) is 29.1 Å². The van der Waals surface area contributed by atoms with Crippen molar-refractivity contribution in [1.29, 1.82) is 0 Å². The topological polar surface area (TPSA) is 89.8 Å². The van der Waals surface area contributed by atoms with Crippen LogP contribution in [0.25, 0.3) is 0 Å². The van der Waals surface area contributed by atoms with Gasteiger partial charge < -0.3 is 16.8 Å². The Bertz CT molecular complexity index is 613. The molecule has 21 heavy (non-hydrogen) atoms. The summed E-state index contributed by atoms with van der Waals surface area (Å²) in [6.07, 6.45) is 0. The number of rotatable bonds is 5. The van der Waals surface area contributed by atoms with Gasteiger partial charge >= 0.3 is 0 Å². The first-order valence-electron chi connectivity index (χ1n) is 6.54. The molecule has 0 atom stereocenters. The molecule has 0 aliphatic rings. The molecule has 0 amide bonds. The number of nitrogens with zero attached hydrogens (tertiary/aromatic N) is 2. The average Bonchev–Trinajstić information content (AvgIpc) is 2.38. The van der Waals surface area contributed by atoms with Gasteiger partial charge in [-0.1, -0.05) is 37.6 Å². The number of nitrogens with two attached hydrogens (primary N) is 2. The lowest BCUT2D eigenvalue weighted by Gasteiger charge is -2.13. The van der Waals surface area contributed by atoms with Crippen LogP contribution in [-0.4, -0.2) is 16.0 Å². The van der Waals surface area contributed by atoms with Crippen molar-refractivity contribution in [2.45, 2.75) is 36.5 Å². The first kappa shape index (κ1) is 15.9. The van der Waals surface area contributed by atoms with Crippen LogP contribution in [-0.2, 0) is 6.54 Å². The Hall–Kier alpha value is -1.50. The highest BCUT2D eigenvalue weighted by Gasteiger charge is 2.12. The largest absolute Gasteiger partial charge is 0.383 e. The van der Waals surface area contributed by atoms with Crippen LogP contribution in [0.15, 0.2) is 34.3 Å². The Morgan fingerprint density at radius 2 is 1.90 bits per heavy atom. The maximum absolute atomic E-state index is 6.31. The van der Waals surface area contributed by atoms with Gasteiger partial charge in [0.25, 0.3) is 0 Å². The first-order chi connectivity index (χ1) is 9.95. The van der Waals surface area contributed by atoms with Crippen molar-refractivity contribution in [2.75, 3.05) is 11.5 Å². The van der Waals surface area contributed by atoms with Crippen LogP contribution in [0, 0.1) is 0 Å². The average molecular weight is 324 g/mol. The van der Waals surface area contributed by atoms with Crippen molar-refractivity contribution >= 4 is 35.0 Å². The lowest BCUT2D eigenvalue weighted by atomic mass is 10.2. The zero-order valence-electron chi connectivity index (χ0n) is 11.9. The minimum atomic E-state index is 0.346. The summed E-state index contributed by atoms with van der Waals surface area (Å²) < 4.78 is 0. The highest BCUT2D eigenvalue weighted by atomic mass is 35.5. The van der Waals surface area contributed by atoms with Gasteiger partial charge in [-0.15, -0.1) is 0 Å². The Kier molecular flexibility index (Phi) is 5.27. The summed E-state index contributed by atoms with van der Waals surface area (Å²) in [4.78, 5) is 9.27. The normalized spacial score (nSPS) is 11.0. The van der Waals surface area contributed by atoms with Crippen LogP contribution < -0.4 is 16.8 Å². The highest BCUT2D eigenvalue weighted by molar-refractivity contribution is 7.99. The van der Waals surface area contributed by atoms with Crippen molar-refractivity contribution in [3.8, 4) is 0 Å². The molecule has 1 heterocycles. The van der Waals surface area contributed by atoms with Gasteiger partial charge in [0.15, 0.2) is 5.16 Å². The van der Waals surface area contributed by atoms with Crippen LogP contribution in [0.2, 0.25) is 5.02 Å². The standard InChI is InChI=1S/C14H18ClN5S/c1-8(2)18-7-9-4-3-5-10(15)13(9)21-14-19-11(16)6-12(17)20-14/h3-6,8,18H,7H2,1-2H3,(H4,16,17,19,20). The molecule has 5 nitrogen and oxygen atoms in total. The highest BCUT2D eigenvalue weighted by Crippen LogP contribution is 2.35. The number of hydrogen-bond acceptors (Lipinski definition) is 6. The van der Waals surface area contributed by atoms with E-state index in [1.165, 1.54) is 17.8 Å². The zero-order chi connectivity index (χ0) is 15.4. The van der Waals surface area contributed by atoms with E-state index in [4.69, 9.17) is 23.1 Å². The number of nitrogens with one attached hydrogen (secondary N) is 1. The van der Waals surface area contributed by atoms with Crippen LogP contribution >= 0.6 is 23.4 Å². The molecule has 0 aliphatic heterocycles. The fraction of sp³-hybridized carbons (Fsp3) is 0.286. The maximum Gasteiger partial charge on any atom is 0.196 e. The molecule has 0 unspecified atom stereocenters. The summed E-state index contributed by atoms with van der Waals surface area (Å²) in [6.45, 7) is 4.91. The monoisotopic (exact) mass is 323 g/mol. The van der Waals surface area contributed by atoms with Crippen molar-refractivity contribution in [3.63, 3.8) is 0 Å². The Balaban J connectivity index is 2.29. The molecule has 112 valence electrons. The van der Waals surface area contributed by atoms with Gasteiger partial charge in [0, 0.05) is 23.5 Å². The second kappa shape index (κ2) is 6.98. The molecule has 5 N–H and O–H groups in total. The molecule has 0 saturated heterocycles. The van der Waals surface area contributed by atoms with E-state index >= 15 is 0 Å². The fourth-order valence-corrected chi connectivity index (χ4v) is 2.95. The van der Waals surface area contributed by atoms with Gasteiger partial charge in [-0.3, -0.25) is 0 Å². The predicted octanol–water partition coefficient (Wildman–Crippen LogP) is 2.94. The molecule has 1 aromatic heterocycles. The molecular formula is C14H18ClN5S. The molecule has 1 aromatic carbocycles. The predicted molar refractivity (Wildman–Crippen MR) is 88.4 cm³/mol. The van der Waals surface area contributed by atoms with Crippen LogP contribution in [0.1, 0.15) is 19.4 Å². The van der Waals surface area contributed by atoms with Crippen LogP contribution in [0.5, 0.6) is 0 Å². The quantitative estimate of drug-likeness (QED) is 0.733. The first-order valence-corrected chi connectivity index (χ1v) is 7.74. The van der Waals surface area contributed by atoms with Crippen molar-refractivity contribution in [2.24, 2.45) is 0 Å². The number of hydrogen-bond donors (Lipinski definition) is 3. The third-order valence-corrected chi connectivity index (χ3v) is 4.17. The number of nitrogen functional groups attached to an aromatic ring is 2. The molecular weight excluding hydrogens is 306 g/mol. The van der Waals surface area contributed by atoms with E-state index < -0.39 is 0 Å². The number of aromatic nitrogens is 2. The SMILES string of the molecule is CC(C)NCc1cccc(Cl)c1Sc1nc(N)cc(N)n1. The van der Waals surface area contributed by atoms with E-state index in [0.717, 1.165) is 17.0 Å². The number of benzene rings is 1. The molecule has 2 aromatic rings. The van der Waals surface area contributed by atoms with E-state index in [1.54, 1.807) is 0 Å². The second-order valence-corrected chi connectivity index (χ2v) is 6.25. The fourth-order valence-electron chi connectivity index (χ4n) is 1.72. The van der Waals surface area contributed by atoms with Gasteiger partial charge in [-0.25, -0.2) is 9.97 Å². The van der Waals surface area contributed by atoms with Crippen molar-refractivity contribution in [1.82, 2.24) is 15.3 Å². The van der Waals surface area contributed by atoms with Crippen molar-refractivity contribution in [3.05, 3.63) is 34.9 Å². The number of anilines is 2. The van der Waals surface area contributed by atoms with E-state index in [1.807, 2.05) is 18.2 Å². The molecule has 0 spiro atoms. The van der Waals surface area contributed by atoms with Crippen LogP contribution in [0.3, 0.4) is 0 Å². The van der Waals surface area contributed by atoms with Gasteiger partial charge in [-0.2, -0.15) is 0 Å². The Labute approximate surface area is 133 Å². The Morgan fingerprint density at radius 3 is 2.52 bits per heavy atom. The van der Waals surface area contributed by atoms with E-state index in [-0.39, 0.29) is 0 Å². The smallest absolute Gasteiger partial charge is 0.196 e. The molecule has 0 saturated carbocycles. The summed E-state index contributed by atoms with van der Waals surface area (Å²) >= 11 is 7.67.